The van der Waals surface area contributed by atoms with Gasteiger partial charge in [0.25, 0.3) is 0 Å². The first-order valence-corrected chi connectivity index (χ1v) is 5.47. The molecule has 2 heteroatoms. The van der Waals surface area contributed by atoms with E-state index in [9.17, 15) is 0 Å². The van der Waals surface area contributed by atoms with Crippen LogP contribution in [0.25, 0.3) is 0 Å². The zero-order valence-electron chi connectivity index (χ0n) is 7.44. The van der Waals surface area contributed by atoms with Gasteiger partial charge in [-0.3, -0.25) is 0 Å². The minimum atomic E-state index is 0.643. The van der Waals surface area contributed by atoms with Crippen LogP contribution in [0, 0.1) is 5.92 Å². The number of alkyl halides is 1. The van der Waals surface area contributed by atoms with Crippen LogP contribution in [0.2, 0.25) is 0 Å². The van der Waals surface area contributed by atoms with E-state index >= 15 is 0 Å². The first-order chi connectivity index (χ1) is 5.18. The molecule has 0 saturated heterocycles. The van der Waals surface area contributed by atoms with E-state index in [4.69, 9.17) is 0 Å². The third-order valence-corrected chi connectivity index (χ3v) is 2.50. The number of hydrogen-bond acceptors (Lipinski definition) is 1. The molecule has 0 amide bonds. The molecule has 0 spiro atoms. The Hall–Kier alpha value is 0.440. The number of hydrogen-bond donors (Lipinski definition) is 1. The molecule has 1 N–H and O–H groups in total. The molecule has 2 unspecified atom stereocenters. The predicted molar refractivity (Wildman–Crippen MR) is 53.2 cm³/mol. The average Bonchev–Trinajstić information content (AvgIpc) is 2.63. The Morgan fingerprint density at radius 3 is 2.55 bits per heavy atom. The van der Waals surface area contributed by atoms with Crippen LogP contribution in [-0.4, -0.2) is 17.4 Å². The number of nitrogens with one attached hydrogen (secondary N) is 1. The van der Waals surface area contributed by atoms with Gasteiger partial charge in [-0.25, -0.2) is 0 Å². The highest BCUT2D eigenvalue weighted by molar-refractivity contribution is 9.09. The molecule has 1 rings (SSSR count). The van der Waals surface area contributed by atoms with Gasteiger partial charge in [0.2, 0.25) is 0 Å². The lowest BCUT2D eigenvalue weighted by Crippen LogP contribution is -2.29. The van der Waals surface area contributed by atoms with Crippen molar-refractivity contribution in [3.05, 3.63) is 0 Å². The minimum absolute atomic E-state index is 0.643. The van der Waals surface area contributed by atoms with Crippen LogP contribution in [0.15, 0.2) is 0 Å². The van der Waals surface area contributed by atoms with Gasteiger partial charge in [-0.05, 0) is 38.6 Å². The van der Waals surface area contributed by atoms with Gasteiger partial charge in [-0.1, -0.05) is 22.9 Å². The molecule has 0 aliphatic heterocycles. The van der Waals surface area contributed by atoms with Crippen LogP contribution in [0.1, 0.15) is 33.1 Å². The second-order valence-corrected chi connectivity index (χ2v) is 5.33. The van der Waals surface area contributed by atoms with Gasteiger partial charge in [0.15, 0.2) is 0 Å². The Morgan fingerprint density at radius 2 is 2.09 bits per heavy atom. The maximum absolute atomic E-state index is 3.56. The summed E-state index contributed by atoms with van der Waals surface area (Å²) in [6.45, 7) is 5.70. The fourth-order valence-corrected chi connectivity index (χ4v) is 1.82. The Labute approximate surface area is 78.1 Å². The van der Waals surface area contributed by atoms with Crippen LogP contribution in [-0.2, 0) is 0 Å². The van der Waals surface area contributed by atoms with E-state index in [1.807, 2.05) is 0 Å². The van der Waals surface area contributed by atoms with Crippen LogP contribution in [0.3, 0.4) is 0 Å². The molecule has 0 aromatic rings. The van der Waals surface area contributed by atoms with Gasteiger partial charge < -0.3 is 5.32 Å². The van der Waals surface area contributed by atoms with Crippen LogP contribution < -0.4 is 5.32 Å². The Kier molecular flexibility index (Phi) is 3.86. The molecule has 1 aliphatic rings. The van der Waals surface area contributed by atoms with Crippen molar-refractivity contribution in [1.29, 1.82) is 0 Å². The molecular formula is C9H18BrN. The lowest BCUT2D eigenvalue weighted by atomic mass is 10.2. The van der Waals surface area contributed by atoms with Gasteiger partial charge in [0.1, 0.15) is 0 Å². The van der Waals surface area contributed by atoms with Crippen molar-refractivity contribution in [3.8, 4) is 0 Å². The zero-order chi connectivity index (χ0) is 8.27. The third kappa shape index (κ3) is 4.81. The van der Waals surface area contributed by atoms with Gasteiger partial charge in [-0.2, -0.15) is 0 Å². The molecule has 0 bridgehead atoms. The third-order valence-electron chi connectivity index (χ3n) is 2.13. The summed E-state index contributed by atoms with van der Waals surface area (Å²) in [4.78, 5) is 0.643. The SMILES string of the molecule is CC(Br)CC(C)NCC1CC1. The Morgan fingerprint density at radius 1 is 1.45 bits per heavy atom. The van der Waals surface area contributed by atoms with E-state index in [2.05, 4.69) is 35.1 Å². The summed E-state index contributed by atoms with van der Waals surface area (Å²) in [5.74, 6) is 1.00. The molecule has 2 atom stereocenters. The zero-order valence-corrected chi connectivity index (χ0v) is 9.02. The Balaban J connectivity index is 1.95. The standard InChI is InChI=1S/C9H18BrN/c1-7(10)5-8(2)11-6-9-3-4-9/h7-9,11H,3-6H2,1-2H3. The van der Waals surface area contributed by atoms with Crippen molar-refractivity contribution >= 4 is 15.9 Å². The molecule has 0 heterocycles. The highest BCUT2D eigenvalue weighted by Gasteiger charge is 2.21. The summed E-state index contributed by atoms with van der Waals surface area (Å²) < 4.78 is 0. The van der Waals surface area contributed by atoms with E-state index in [0.717, 1.165) is 5.92 Å². The topological polar surface area (TPSA) is 12.0 Å². The van der Waals surface area contributed by atoms with Crippen molar-refractivity contribution in [2.45, 2.75) is 44.0 Å². The Bertz CT molecular complexity index is 110. The van der Waals surface area contributed by atoms with Gasteiger partial charge in [0.05, 0.1) is 0 Å². The second-order valence-electron chi connectivity index (χ2n) is 3.77. The monoisotopic (exact) mass is 219 g/mol. The van der Waals surface area contributed by atoms with E-state index in [1.54, 1.807) is 0 Å². The lowest BCUT2D eigenvalue weighted by molar-refractivity contribution is 0.501. The number of rotatable bonds is 5. The predicted octanol–water partition coefficient (Wildman–Crippen LogP) is 2.55. The van der Waals surface area contributed by atoms with Crippen molar-refractivity contribution < 1.29 is 0 Å². The lowest BCUT2D eigenvalue weighted by Gasteiger charge is -2.14. The summed E-state index contributed by atoms with van der Waals surface area (Å²) in [5.41, 5.74) is 0. The smallest absolute Gasteiger partial charge is 0.0132 e. The largest absolute Gasteiger partial charge is 0.314 e. The highest BCUT2D eigenvalue weighted by atomic mass is 79.9. The quantitative estimate of drug-likeness (QED) is 0.702. The van der Waals surface area contributed by atoms with Gasteiger partial charge in [0, 0.05) is 10.9 Å². The minimum Gasteiger partial charge on any atom is -0.314 e. The van der Waals surface area contributed by atoms with Gasteiger partial charge in [-0.15, -0.1) is 0 Å². The van der Waals surface area contributed by atoms with E-state index in [0.29, 0.717) is 10.9 Å². The maximum Gasteiger partial charge on any atom is 0.0132 e. The van der Waals surface area contributed by atoms with Crippen LogP contribution in [0.5, 0.6) is 0 Å². The molecule has 1 aliphatic carbocycles. The van der Waals surface area contributed by atoms with Crippen molar-refractivity contribution in [2.24, 2.45) is 5.92 Å². The fourth-order valence-electron chi connectivity index (χ4n) is 1.26. The van der Waals surface area contributed by atoms with Crippen molar-refractivity contribution in [3.63, 3.8) is 0 Å². The molecular weight excluding hydrogens is 202 g/mol. The summed E-state index contributed by atoms with van der Waals surface area (Å²) >= 11 is 3.56. The fraction of sp³-hybridized carbons (Fsp3) is 1.00. The first-order valence-electron chi connectivity index (χ1n) is 4.56. The second kappa shape index (κ2) is 4.46. The van der Waals surface area contributed by atoms with Gasteiger partial charge >= 0.3 is 0 Å². The highest BCUT2D eigenvalue weighted by Crippen LogP contribution is 2.27. The molecule has 0 aromatic heterocycles. The van der Waals surface area contributed by atoms with Crippen molar-refractivity contribution in [2.75, 3.05) is 6.54 Å². The normalized spacial score (nSPS) is 23.2. The van der Waals surface area contributed by atoms with E-state index < -0.39 is 0 Å². The summed E-state index contributed by atoms with van der Waals surface area (Å²) in [6, 6.07) is 0.671. The first kappa shape index (κ1) is 9.53. The molecule has 1 saturated carbocycles. The number of halogens is 1. The summed E-state index contributed by atoms with van der Waals surface area (Å²) in [7, 11) is 0. The molecule has 1 fully saturated rings. The maximum atomic E-state index is 3.56. The molecule has 1 nitrogen and oxygen atoms in total. The summed E-state index contributed by atoms with van der Waals surface area (Å²) in [5, 5.41) is 3.55. The van der Waals surface area contributed by atoms with E-state index in [1.165, 1.54) is 25.8 Å². The molecule has 0 radical (unpaired) electrons. The average molecular weight is 220 g/mol. The molecule has 0 aromatic carbocycles. The molecule has 11 heavy (non-hydrogen) atoms. The molecule has 66 valence electrons. The van der Waals surface area contributed by atoms with Crippen molar-refractivity contribution in [1.82, 2.24) is 5.32 Å². The van der Waals surface area contributed by atoms with E-state index in [-0.39, 0.29) is 0 Å². The summed E-state index contributed by atoms with van der Waals surface area (Å²) in [6.07, 6.45) is 4.12. The van der Waals surface area contributed by atoms with Crippen LogP contribution in [0.4, 0.5) is 0 Å². The van der Waals surface area contributed by atoms with Crippen LogP contribution >= 0.6 is 15.9 Å².